The van der Waals surface area contributed by atoms with Crippen molar-refractivity contribution >= 4 is 29.4 Å². The maximum Gasteiger partial charge on any atom is 0.306 e. The van der Waals surface area contributed by atoms with Crippen molar-refractivity contribution in [3.05, 3.63) is 12.2 Å². The number of ether oxygens (including phenoxy) is 1. The van der Waals surface area contributed by atoms with Gasteiger partial charge in [0.05, 0.1) is 24.3 Å². The second kappa shape index (κ2) is 13.7. The summed E-state index contributed by atoms with van der Waals surface area (Å²) in [5, 5.41) is 23.9. The fraction of sp³-hybridized carbons (Fsp3) is 0.881. The first kappa shape index (κ1) is 39.6. The number of hydrogen-bond donors (Lipinski definition) is 3. The number of hydrogen-bond acceptors (Lipinski definition) is 5. The lowest BCUT2D eigenvalue weighted by atomic mass is 9.32. The maximum absolute atomic E-state index is 13.2. The van der Waals surface area contributed by atoms with Gasteiger partial charge >= 0.3 is 11.9 Å². The Hall–Kier alpha value is -1.60. The number of amides is 1. The van der Waals surface area contributed by atoms with Crippen LogP contribution < -0.4 is 5.32 Å². The highest BCUT2D eigenvalue weighted by molar-refractivity contribution is 6.21. The molecule has 0 saturated heterocycles. The third-order valence-corrected chi connectivity index (χ3v) is 16.8. The van der Waals surface area contributed by atoms with Gasteiger partial charge in [0.2, 0.25) is 5.91 Å². The third-order valence-electron chi connectivity index (χ3n) is 16.3. The maximum atomic E-state index is 13.2. The van der Waals surface area contributed by atoms with Crippen LogP contribution >= 0.6 is 11.6 Å². The molecule has 0 spiro atoms. The molecule has 1 amide bonds. The van der Waals surface area contributed by atoms with E-state index in [1.807, 2.05) is 13.8 Å². The van der Waals surface area contributed by atoms with Crippen LogP contribution in [0.2, 0.25) is 0 Å². The molecule has 0 aromatic carbocycles. The molecule has 12 atom stereocenters. The average molecular weight is 718 g/mol. The minimum absolute atomic E-state index is 0.0595. The number of aliphatic hydroxyl groups is 1. The second-order valence-corrected chi connectivity index (χ2v) is 20.5. The van der Waals surface area contributed by atoms with Gasteiger partial charge < -0.3 is 20.3 Å². The summed E-state index contributed by atoms with van der Waals surface area (Å²) in [6.07, 6.45) is 10.4. The number of carboxylic acids is 1. The summed E-state index contributed by atoms with van der Waals surface area (Å²) in [6.45, 7) is 24.7. The number of aliphatic hydroxyl groups excluding tert-OH is 1. The van der Waals surface area contributed by atoms with Crippen molar-refractivity contribution < 1.29 is 29.3 Å². The summed E-state index contributed by atoms with van der Waals surface area (Å²) in [5.41, 5.74) is 0.561. The van der Waals surface area contributed by atoms with E-state index in [0.717, 1.165) is 57.8 Å². The van der Waals surface area contributed by atoms with E-state index < -0.39 is 22.9 Å². The molecule has 0 bridgehead atoms. The smallest absolute Gasteiger partial charge is 0.306 e. The van der Waals surface area contributed by atoms with Crippen LogP contribution in [0.3, 0.4) is 0 Å². The van der Waals surface area contributed by atoms with Crippen LogP contribution in [0.5, 0.6) is 0 Å². The number of aliphatic carboxylic acids is 1. The van der Waals surface area contributed by atoms with Crippen LogP contribution in [0.25, 0.3) is 0 Å². The van der Waals surface area contributed by atoms with Gasteiger partial charge in [-0.05, 0) is 129 Å². The fourth-order valence-corrected chi connectivity index (χ4v) is 14.2. The first-order chi connectivity index (χ1) is 23.1. The van der Waals surface area contributed by atoms with E-state index in [2.05, 4.69) is 53.4 Å². The highest BCUT2D eigenvalue weighted by atomic mass is 35.5. The Balaban J connectivity index is 1.39. The Morgan fingerprint density at radius 1 is 0.900 bits per heavy atom. The summed E-state index contributed by atoms with van der Waals surface area (Å²) >= 11 is 7.02. The zero-order chi connectivity index (χ0) is 37.2. The minimum Gasteiger partial charge on any atom is -0.481 e. The minimum atomic E-state index is -0.893. The van der Waals surface area contributed by atoms with Gasteiger partial charge in [-0.25, -0.2) is 0 Å². The molecule has 5 fully saturated rings. The molecule has 0 aromatic heterocycles. The largest absolute Gasteiger partial charge is 0.481 e. The van der Waals surface area contributed by atoms with Crippen LogP contribution in [0, 0.1) is 62.1 Å². The van der Waals surface area contributed by atoms with E-state index in [0.29, 0.717) is 42.6 Å². The van der Waals surface area contributed by atoms with Crippen LogP contribution in [0.15, 0.2) is 12.2 Å². The number of carbonyl (C=O) groups excluding carboxylic acids is 2. The Morgan fingerprint density at radius 2 is 1.58 bits per heavy atom. The van der Waals surface area contributed by atoms with Crippen LogP contribution in [0.4, 0.5) is 0 Å². The Bertz CT molecular complexity index is 1340. The zero-order valence-electron chi connectivity index (χ0n) is 32.6. The van der Waals surface area contributed by atoms with Crippen molar-refractivity contribution in [2.45, 2.75) is 163 Å². The molecule has 0 aliphatic heterocycles. The molecule has 284 valence electrons. The Morgan fingerprint density at radius 3 is 2.20 bits per heavy atom. The molecule has 2 unspecified atom stereocenters. The quantitative estimate of drug-likeness (QED) is 0.112. The fourth-order valence-electron chi connectivity index (χ4n) is 13.9. The van der Waals surface area contributed by atoms with E-state index in [-0.39, 0.29) is 57.9 Å². The summed E-state index contributed by atoms with van der Waals surface area (Å²) in [6, 6.07) is 0. The molecule has 0 heterocycles. The number of halogens is 1. The molecule has 50 heavy (non-hydrogen) atoms. The van der Waals surface area contributed by atoms with E-state index in [1.165, 1.54) is 18.9 Å². The number of carboxylic acid groups (broad SMARTS) is 1. The Kier molecular flexibility index (Phi) is 10.8. The van der Waals surface area contributed by atoms with E-state index in [1.54, 1.807) is 0 Å². The van der Waals surface area contributed by atoms with Crippen molar-refractivity contribution in [1.29, 1.82) is 0 Å². The highest BCUT2D eigenvalue weighted by Gasteiger charge is 2.72. The molecule has 5 aliphatic rings. The molecule has 3 N–H and O–H groups in total. The highest BCUT2D eigenvalue weighted by Crippen LogP contribution is 2.78. The van der Waals surface area contributed by atoms with Crippen molar-refractivity contribution in [3.63, 3.8) is 0 Å². The van der Waals surface area contributed by atoms with Crippen LogP contribution in [0.1, 0.15) is 146 Å². The SMILES string of the molecule is C=C(C)[C@@H]1CC[C@]2(C(O)C(Cl)CCNC(C)=O)CC[C@]3(C)[C@H](CC[C@@H]4[C@@]5(C)CC[C@H](OC(=O)CC(C)(C)CC(=O)O)C(C)(C)[C@@H]5CC[C@]43C)[C@@H]12. The third kappa shape index (κ3) is 6.49. The van der Waals surface area contributed by atoms with Crippen molar-refractivity contribution in [3.8, 4) is 0 Å². The lowest BCUT2D eigenvalue weighted by molar-refractivity contribution is -0.255. The molecule has 0 aromatic rings. The molecule has 7 nitrogen and oxygen atoms in total. The molecule has 5 aliphatic carbocycles. The van der Waals surface area contributed by atoms with Gasteiger partial charge in [0.1, 0.15) is 6.10 Å². The molecule has 0 radical (unpaired) electrons. The van der Waals surface area contributed by atoms with Gasteiger partial charge in [-0.15, -0.1) is 11.6 Å². The first-order valence-electron chi connectivity index (χ1n) is 19.7. The van der Waals surface area contributed by atoms with Crippen molar-refractivity contribution in [2.75, 3.05) is 6.54 Å². The number of alkyl halides is 1. The molecule has 5 saturated carbocycles. The molecule has 5 rings (SSSR count). The average Bonchev–Trinajstić information content (AvgIpc) is 3.38. The lowest BCUT2D eigenvalue weighted by Crippen LogP contribution is -2.67. The normalized spacial score (nSPS) is 41.7. The number of rotatable bonds is 11. The summed E-state index contributed by atoms with van der Waals surface area (Å²) in [4.78, 5) is 36.1. The molecule has 8 heteroatoms. The predicted molar refractivity (Wildman–Crippen MR) is 198 cm³/mol. The van der Waals surface area contributed by atoms with Crippen LogP contribution in [-0.4, -0.2) is 52.2 Å². The predicted octanol–water partition coefficient (Wildman–Crippen LogP) is 8.94. The van der Waals surface area contributed by atoms with Gasteiger partial charge in [0, 0.05) is 24.3 Å². The van der Waals surface area contributed by atoms with E-state index in [9.17, 15) is 24.6 Å². The molecular formula is C42H68ClNO6. The topological polar surface area (TPSA) is 113 Å². The van der Waals surface area contributed by atoms with Crippen molar-refractivity contribution in [2.24, 2.45) is 62.1 Å². The number of fused-ring (bicyclic) bond motifs is 7. The van der Waals surface area contributed by atoms with Gasteiger partial charge in [0.15, 0.2) is 0 Å². The lowest BCUT2D eigenvalue weighted by Gasteiger charge is -2.73. The van der Waals surface area contributed by atoms with Gasteiger partial charge in [-0.3, -0.25) is 14.4 Å². The number of nitrogens with one attached hydrogen (secondary N) is 1. The summed E-state index contributed by atoms with van der Waals surface area (Å²) in [5.74, 6) is 0.940. The molecular weight excluding hydrogens is 650 g/mol. The van der Waals surface area contributed by atoms with E-state index in [4.69, 9.17) is 16.3 Å². The van der Waals surface area contributed by atoms with E-state index >= 15 is 0 Å². The summed E-state index contributed by atoms with van der Waals surface area (Å²) in [7, 11) is 0. The van der Waals surface area contributed by atoms with Crippen LogP contribution in [-0.2, 0) is 19.1 Å². The zero-order valence-corrected chi connectivity index (χ0v) is 33.4. The monoisotopic (exact) mass is 717 g/mol. The number of esters is 1. The van der Waals surface area contributed by atoms with Gasteiger partial charge in [-0.1, -0.05) is 60.6 Å². The standard InChI is InChI=1S/C42H68ClNO6/c1-25(2)27-13-19-42(36(49)29(43)16-22-44-26(3)45)21-20-40(9)28(35(27)42)11-12-31-39(8)17-15-32(38(6,7)30(39)14-18-41(31,40)10)50-34(48)24-37(4,5)23-33(46)47/h27-32,35-36,49H,1,11-24H2,2-10H3,(H,44,45)(H,46,47)/t27-,28+,29?,30-,31+,32-,35+,36?,39-,40+,41+,42-/m0/s1. The number of allylic oxidation sites excluding steroid dienone is 1. The van der Waals surface area contributed by atoms with Gasteiger partial charge in [0.25, 0.3) is 0 Å². The van der Waals surface area contributed by atoms with Crippen molar-refractivity contribution in [1.82, 2.24) is 5.32 Å². The Labute approximate surface area is 307 Å². The van der Waals surface area contributed by atoms with Gasteiger partial charge in [-0.2, -0.15) is 0 Å². The summed E-state index contributed by atoms with van der Waals surface area (Å²) < 4.78 is 6.26. The second-order valence-electron chi connectivity index (χ2n) is 19.9. The number of carbonyl (C=O) groups is 3. The first-order valence-corrected chi connectivity index (χ1v) is 20.1.